The Morgan fingerprint density at radius 3 is 2.12 bits per heavy atom. The minimum Gasteiger partial charge on any atom is -0.324 e. The van der Waals surface area contributed by atoms with E-state index in [1.54, 1.807) is 48.5 Å². The van der Waals surface area contributed by atoms with Gasteiger partial charge in [0.15, 0.2) is 0 Å². The van der Waals surface area contributed by atoms with E-state index >= 15 is 0 Å². The molecule has 5 nitrogen and oxygen atoms in total. The fourth-order valence-corrected chi connectivity index (χ4v) is 4.47. The molecule has 0 aliphatic rings. The average Bonchev–Trinajstić information content (AvgIpc) is 2.75. The first-order chi connectivity index (χ1) is 15.1. The zero-order chi connectivity index (χ0) is 23.4. The number of amides is 1. The van der Waals surface area contributed by atoms with Crippen molar-refractivity contribution in [2.24, 2.45) is 0 Å². The molecule has 0 unspecified atom stereocenters. The number of rotatable bonds is 7. The lowest BCUT2D eigenvalue weighted by molar-refractivity contribution is -0.137. The summed E-state index contributed by atoms with van der Waals surface area (Å²) in [6.45, 7) is -0.736. The molecule has 0 aromatic heterocycles. The Morgan fingerprint density at radius 2 is 1.53 bits per heavy atom. The number of hydrogen-bond acceptors (Lipinski definition) is 3. The van der Waals surface area contributed by atoms with Crippen LogP contribution in [0.3, 0.4) is 0 Å². The molecule has 3 aromatic carbocycles. The number of halogens is 4. The predicted octanol–water partition coefficient (Wildman–Crippen LogP) is 5.19. The predicted molar refractivity (Wildman–Crippen MR) is 116 cm³/mol. The number of anilines is 1. The van der Waals surface area contributed by atoms with Gasteiger partial charge in [-0.2, -0.15) is 17.5 Å². The van der Waals surface area contributed by atoms with Crippen LogP contribution in [0.15, 0.2) is 83.8 Å². The van der Waals surface area contributed by atoms with E-state index in [2.05, 4.69) is 5.32 Å². The first-order valence-corrected chi connectivity index (χ1v) is 11.1. The number of benzene rings is 3. The topological polar surface area (TPSA) is 66.5 Å². The molecule has 0 heterocycles. The molecule has 3 aromatic rings. The van der Waals surface area contributed by atoms with Crippen molar-refractivity contribution < 1.29 is 26.4 Å². The number of nitrogens with one attached hydrogen (secondary N) is 1. The van der Waals surface area contributed by atoms with Gasteiger partial charge in [0.25, 0.3) is 0 Å². The van der Waals surface area contributed by atoms with Crippen LogP contribution in [0, 0.1) is 0 Å². The zero-order valence-electron chi connectivity index (χ0n) is 16.5. The molecule has 0 aliphatic heterocycles. The monoisotopic (exact) mass is 482 g/mol. The quantitative estimate of drug-likeness (QED) is 0.504. The third kappa shape index (κ3) is 5.87. The van der Waals surface area contributed by atoms with Crippen LogP contribution in [-0.2, 0) is 27.5 Å². The number of hydrogen-bond donors (Lipinski definition) is 1. The summed E-state index contributed by atoms with van der Waals surface area (Å²) in [6.07, 6.45) is -4.62. The highest BCUT2D eigenvalue weighted by atomic mass is 35.5. The molecule has 0 atom stereocenters. The summed E-state index contributed by atoms with van der Waals surface area (Å²) in [7, 11) is -4.07. The van der Waals surface area contributed by atoms with Crippen molar-refractivity contribution in [3.05, 3.63) is 95.0 Å². The standard InChI is InChI=1S/C22H18ClF3N2O3S/c23-19-12-11-17(22(24,25)26)13-20(19)27-21(29)15-28(14-16-7-3-1-4-8-16)32(30,31)18-9-5-2-6-10-18/h1-13H,14-15H2,(H,27,29). The molecule has 0 aliphatic carbocycles. The molecule has 1 N–H and O–H groups in total. The van der Waals surface area contributed by atoms with Gasteiger partial charge in [0.2, 0.25) is 15.9 Å². The number of carbonyl (C=O) groups excluding carboxylic acids is 1. The van der Waals surface area contributed by atoms with E-state index in [0.29, 0.717) is 11.6 Å². The lowest BCUT2D eigenvalue weighted by Gasteiger charge is -2.22. The fourth-order valence-electron chi connectivity index (χ4n) is 2.90. The van der Waals surface area contributed by atoms with Crippen LogP contribution < -0.4 is 5.32 Å². The first kappa shape index (κ1) is 23.8. The molecule has 0 saturated heterocycles. The Labute approximate surface area is 188 Å². The number of carbonyl (C=O) groups is 1. The van der Waals surface area contributed by atoms with E-state index in [9.17, 15) is 26.4 Å². The largest absolute Gasteiger partial charge is 0.416 e. The number of alkyl halides is 3. The highest BCUT2D eigenvalue weighted by Crippen LogP contribution is 2.33. The van der Waals surface area contributed by atoms with E-state index in [1.807, 2.05) is 0 Å². The summed E-state index contributed by atoms with van der Waals surface area (Å²) in [6, 6.07) is 18.7. The third-order valence-corrected chi connectivity index (χ3v) is 6.61. The molecule has 10 heteroatoms. The van der Waals surface area contributed by atoms with E-state index in [0.717, 1.165) is 16.4 Å². The molecule has 1 amide bonds. The van der Waals surface area contributed by atoms with Gasteiger partial charge in [-0.3, -0.25) is 4.79 Å². The lowest BCUT2D eigenvalue weighted by Crippen LogP contribution is -2.37. The normalized spacial score (nSPS) is 12.0. The molecule has 0 fully saturated rings. The van der Waals surface area contributed by atoms with Gasteiger partial charge in [0.1, 0.15) is 0 Å². The second kappa shape index (κ2) is 9.72. The van der Waals surface area contributed by atoms with E-state index in [1.165, 1.54) is 12.1 Å². The van der Waals surface area contributed by atoms with Crippen LogP contribution in [0.5, 0.6) is 0 Å². The summed E-state index contributed by atoms with van der Waals surface area (Å²) >= 11 is 5.93. The second-order valence-corrected chi connectivity index (χ2v) is 9.16. The van der Waals surface area contributed by atoms with Crippen molar-refractivity contribution in [1.82, 2.24) is 4.31 Å². The van der Waals surface area contributed by atoms with Gasteiger partial charge in [-0.05, 0) is 35.9 Å². The average molecular weight is 483 g/mol. The SMILES string of the molecule is O=C(CN(Cc1ccccc1)S(=O)(=O)c1ccccc1)Nc1cc(C(F)(F)F)ccc1Cl. The molecule has 0 spiro atoms. The Kier molecular flexibility index (Phi) is 7.22. The van der Waals surface area contributed by atoms with E-state index < -0.39 is 34.2 Å². The molecular weight excluding hydrogens is 465 g/mol. The molecule has 0 bridgehead atoms. The van der Waals surface area contributed by atoms with Crippen LogP contribution >= 0.6 is 11.6 Å². The number of sulfonamides is 1. The molecule has 0 radical (unpaired) electrons. The minimum atomic E-state index is -4.62. The second-order valence-electron chi connectivity index (χ2n) is 6.81. The first-order valence-electron chi connectivity index (χ1n) is 9.33. The van der Waals surface area contributed by atoms with Gasteiger partial charge < -0.3 is 5.32 Å². The van der Waals surface area contributed by atoms with Crippen molar-refractivity contribution in [3.63, 3.8) is 0 Å². The Morgan fingerprint density at radius 1 is 0.938 bits per heavy atom. The molecule has 32 heavy (non-hydrogen) atoms. The van der Waals surface area contributed by atoms with Crippen molar-refractivity contribution in [3.8, 4) is 0 Å². The molecule has 168 valence electrons. The highest BCUT2D eigenvalue weighted by Gasteiger charge is 2.31. The van der Waals surface area contributed by atoms with E-state index in [-0.39, 0.29) is 22.2 Å². The summed E-state index contributed by atoms with van der Waals surface area (Å²) in [4.78, 5) is 12.6. The van der Waals surface area contributed by atoms with Crippen molar-refractivity contribution in [2.45, 2.75) is 17.6 Å². The third-order valence-electron chi connectivity index (χ3n) is 4.47. The molecule has 3 rings (SSSR count). The smallest absolute Gasteiger partial charge is 0.324 e. The van der Waals surface area contributed by atoms with Crippen molar-refractivity contribution in [1.29, 1.82) is 0 Å². The van der Waals surface area contributed by atoms with Crippen molar-refractivity contribution in [2.75, 3.05) is 11.9 Å². The van der Waals surface area contributed by atoms with E-state index in [4.69, 9.17) is 11.6 Å². The minimum absolute atomic E-state index is 0.0131. The summed E-state index contributed by atoms with van der Waals surface area (Å²) in [5, 5.41) is 2.18. The Hall–Kier alpha value is -2.88. The number of nitrogens with zero attached hydrogens (tertiary/aromatic N) is 1. The van der Waals surface area contributed by atoms with Crippen LogP contribution in [-0.4, -0.2) is 25.2 Å². The summed E-state index contributed by atoms with van der Waals surface area (Å²) < 4.78 is 66.2. The van der Waals surface area contributed by atoms with Gasteiger partial charge in [0.05, 0.1) is 27.7 Å². The maximum atomic E-state index is 13.1. The lowest BCUT2D eigenvalue weighted by atomic mass is 10.2. The maximum absolute atomic E-state index is 13.1. The summed E-state index contributed by atoms with van der Waals surface area (Å²) in [5.41, 5.74) is -0.615. The van der Waals surface area contributed by atoms with Crippen molar-refractivity contribution >= 4 is 33.2 Å². The van der Waals surface area contributed by atoms with Gasteiger partial charge in [0, 0.05) is 6.54 Å². The summed E-state index contributed by atoms with van der Waals surface area (Å²) in [5.74, 6) is -0.832. The van der Waals surface area contributed by atoms with Gasteiger partial charge in [-0.1, -0.05) is 60.1 Å². The fraction of sp³-hybridized carbons (Fsp3) is 0.136. The molecular formula is C22H18ClF3N2O3S. The highest BCUT2D eigenvalue weighted by molar-refractivity contribution is 7.89. The van der Waals surface area contributed by atoms with Gasteiger partial charge >= 0.3 is 6.18 Å². The van der Waals surface area contributed by atoms with Crippen LogP contribution in [0.4, 0.5) is 18.9 Å². The Bertz CT molecular complexity index is 1190. The van der Waals surface area contributed by atoms with Gasteiger partial charge in [-0.15, -0.1) is 0 Å². The van der Waals surface area contributed by atoms with Crippen LogP contribution in [0.1, 0.15) is 11.1 Å². The molecule has 0 saturated carbocycles. The van der Waals surface area contributed by atoms with Crippen LogP contribution in [0.2, 0.25) is 5.02 Å². The zero-order valence-corrected chi connectivity index (χ0v) is 18.1. The van der Waals surface area contributed by atoms with Crippen LogP contribution in [0.25, 0.3) is 0 Å². The maximum Gasteiger partial charge on any atom is 0.416 e. The van der Waals surface area contributed by atoms with Gasteiger partial charge in [-0.25, -0.2) is 8.42 Å². The Balaban J connectivity index is 1.87.